The smallest absolute Gasteiger partial charge is 0.187 e. The van der Waals surface area contributed by atoms with E-state index in [0.717, 1.165) is 0 Å². The predicted octanol–water partition coefficient (Wildman–Crippen LogP) is -2.80. The summed E-state index contributed by atoms with van der Waals surface area (Å²) in [6.07, 6.45) is -12.4. The Balaban J connectivity index is 1.41. The molecule has 1 aromatic rings. The van der Waals surface area contributed by atoms with Crippen LogP contribution in [0.25, 0.3) is 0 Å². The first-order valence-electron chi connectivity index (χ1n) is 9.57. The molecule has 0 radical (unpaired) electrons. The Kier molecular flexibility index (Phi) is 6.91. The third-order valence-corrected chi connectivity index (χ3v) is 6.45. The van der Waals surface area contributed by atoms with Gasteiger partial charge in [0, 0.05) is 11.9 Å². The summed E-state index contributed by atoms with van der Waals surface area (Å²) in [4.78, 5) is 4.13. The third-order valence-electron chi connectivity index (χ3n) is 5.40. The van der Waals surface area contributed by atoms with E-state index in [2.05, 4.69) is 4.98 Å². The van der Waals surface area contributed by atoms with Crippen LogP contribution in [0.5, 0.6) is 0 Å². The number of aliphatic hydroxyl groups excluding tert-OH is 6. The minimum atomic E-state index is -1.64. The van der Waals surface area contributed by atoms with Crippen molar-refractivity contribution in [1.82, 2.24) is 4.98 Å². The fraction of sp³-hybridized carbons (Fsp3) is 0.722. The Morgan fingerprint density at radius 1 is 1.07 bits per heavy atom. The zero-order chi connectivity index (χ0) is 21.4. The summed E-state index contributed by atoms with van der Waals surface area (Å²) in [7, 11) is 0. The number of hydrogen-bond acceptors (Lipinski definition) is 12. The average Bonchev–Trinajstić information content (AvgIpc) is 3.06. The molecule has 0 spiro atoms. The van der Waals surface area contributed by atoms with Crippen molar-refractivity contribution in [2.75, 3.05) is 12.4 Å². The van der Waals surface area contributed by atoms with E-state index in [1.165, 1.54) is 11.8 Å². The Morgan fingerprint density at radius 2 is 1.87 bits per heavy atom. The van der Waals surface area contributed by atoms with Gasteiger partial charge >= 0.3 is 0 Å². The predicted molar refractivity (Wildman–Crippen MR) is 99.1 cm³/mol. The van der Waals surface area contributed by atoms with Gasteiger partial charge in [0.25, 0.3) is 0 Å². The van der Waals surface area contributed by atoms with Crippen LogP contribution in [0.3, 0.4) is 0 Å². The van der Waals surface area contributed by atoms with Gasteiger partial charge < -0.3 is 49.6 Å². The van der Waals surface area contributed by atoms with E-state index in [0.29, 0.717) is 5.03 Å². The number of thioether (sulfide) groups is 1. The van der Waals surface area contributed by atoms with Crippen molar-refractivity contribution in [3.05, 3.63) is 24.4 Å². The molecule has 3 aliphatic rings. The van der Waals surface area contributed by atoms with Crippen molar-refractivity contribution in [3.8, 4) is 0 Å². The van der Waals surface area contributed by atoms with E-state index in [1.807, 2.05) is 0 Å². The highest BCUT2D eigenvalue weighted by atomic mass is 32.2. The zero-order valence-electron chi connectivity index (χ0n) is 15.7. The number of hydrogen-bond donors (Lipinski definition) is 6. The van der Waals surface area contributed by atoms with Crippen LogP contribution in [0.2, 0.25) is 0 Å². The first-order chi connectivity index (χ1) is 14.4. The molecule has 12 heteroatoms. The molecular formula is C18H25NO10S. The summed E-state index contributed by atoms with van der Waals surface area (Å²) in [6.45, 7) is 0.0597. The van der Waals surface area contributed by atoms with Gasteiger partial charge in [-0.15, -0.1) is 11.8 Å². The van der Waals surface area contributed by atoms with Gasteiger partial charge in [0.15, 0.2) is 12.6 Å². The molecule has 4 rings (SSSR count). The molecule has 11 nitrogen and oxygen atoms in total. The number of nitrogens with zero attached hydrogens (tertiary/aromatic N) is 1. The van der Waals surface area contributed by atoms with Crippen LogP contribution in [-0.2, 0) is 18.9 Å². The zero-order valence-corrected chi connectivity index (χ0v) is 16.6. The van der Waals surface area contributed by atoms with E-state index < -0.39 is 67.5 Å². The largest absolute Gasteiger partial charge is 0.389 e. The fourth-order valence-corrected chi connectivity index (χ4v) is 4.60. The van der Waals surface area contributed by atoms with E-state index >= 15 is 0 Å². The van der Waals surface area contributed by atoms with E-state index in [1.54, 1.807) is 24.4 Å². The summed E-state index contributed by atoms with van der Waals surface area (Å²) in [6, 6.07) is 5.32. The maximum Gasteiger partial charge on any atom is 0.187 e. The number of fused-ring (bicyclic) bond motifs is 2. The first kappa shape index (κ1) is 22.3. The molecule has 30 heavy (non-hydrogen) atoms. The summed E-state index contributed by atoms with van der Waals surface area (Å²) in [5.41, 5.74) is 0. The number of aliphatic hydroxyl groups is 6. The second-order valence-electron chi connectivity index (χ2n) is 7.44. The van der Waals surface area contributed by atoms with Crippen LogP contribution >= 0.6 is 11.8 Å². The van der Waals surface area contributed by atoms with Crippen LogP contribution in [0, 0.1) is 0 Å². The second kappa shape index (κ2) is 9.30. The molecule has 2 bridgehead atoms. The maximum atomic E-state index is 10.5. The highest BCUT2D eigenvalue weighted by Gasteiger charge is 2.55. The van der Waals surface area contributed by atoms with Crippen molar-refractivity contribution in [1.29, 1.82) is 0 Å². The molecule has 0 saturated carbocycles. The van der Waals surface area contributed by atoms with Gasteiger partial charge in [0.1, 0.15) is 48.8 Å². The Morgan fingerprint density at radius 3 is 2.60 bits per heavy atom. The van der Waals surface area contributed by atoms with Crippen molar-refractivity contribution in [2.24, 2.45) is 0 Å². The second-order valence-corrected chi connectivity index (χ2v) is 8.48. The number of aromatic nitrogens is 1. The fourth-order valence-electron chi connectivity index (χ4n) is 3.76. The lowest BCUT2D eigenvalue weighted by atomic mass is 9.95. The molecule has 168 valence electrons. The molecule has 3 saturated heterocycles. The SMILES string of the molecule is OC(CSc1ccccn1)[C@@H]1O[C@H](O[C@H]2[C@H]3OC[C@@H]2O[C@@H](O)[C@H]3O)[C@@H](O)[C@H](O)[C@@H]1O. The molecule has 0 aliphatic carbocycles. The minimum Gasteiger partial charge on any atom is -0.389 e. The third kappa shape index (κ3) is 4.36. The van der Waals surface area contributed by atoms with Gasteiger partial charge in [0.2, 0.25) is 0 Å². The highest BCUT2D eigenvalue weighted by Crippen LogP contribution is 2.34. The quantitative estimate of drug-likeness (QED) is 0.248. The van der Waals surface area contributed by atoms with Gasteiger partial charge in [-0.05, 0) is 12.1 Å². The molecule has 3 fully saturated rings. The summed E-state index contributed by atoms with van der Waals surface area (Å²) >= 11 is 1.24. The number of ether oxygens (including phenoxy) is 4. The van der Waals surface area contributed by atoms with E-state index in [9.17, 15) is 30.6 Å². The summed E-state index contributed by atoms with van der Waals surface area (Å²) < 4.78 is 21.9. The Bertz CT molecular complexity index is 701. The minimum absolute atomic E-state index is 0.0597. The van der Waals surface area contributed by atoms with Crippen molar-refractivity contribution in [2.45, 2.75) is 72.5 Å². The monoisotopic (exact) mass is 447 g/mol. The standard InChI is InChI=1S/C18H25NO10S/c20-7(6-30-9-3-1-2-4-19-9)14-11(22)10(21)12(23)18(28-14)29-15-8-5-26-16(15)13(24)17(25)27-8/h1-4,7-8,10-18,20-25H,5-6H2/t7?,8-,10+,11-,12-,13-,14-,15+,16-,17+,18+/m0/s1. The van der Waals surface area contributed by atoms with Crippen LogP contribution < -0.4 is 0 Å². The van der Waals surface area contributed by atoms with Crippen molar-refractivity contribution < 1.29 is 49.6 Å². The van der Waals surface area contributed by atoms with Crippen LogP contribution in [0.4, 0.5) is 0 Å². The number of pyridine rings is 1. The molecule has 6 N–H and O–H groups in total. The lowest BCUT2D eigenvalue weighted by Gasteiger charge is -2.44. The van der Waals surface area contributed by atoms with Crippen LogP contribution in [-0.4, -0.2) is 115 Å². The lowest BCUT2D eigenvalue weighted by Crippen LogP contribution is -2.63. The molecule has 1 unspecified atom stereocenters. The van der Waals surface area contributed by atoms with Gasteiger partial charge in [-0.1, -0.05) is 6.07 Å². The van der Waals surface area contributed by atoms with Gasteiger partial charge in [0.05, 0.1) is 17.7 Å². The molecular weight excluding hydrogens is 422 g/mol. The van der Waals surface area contributed by atoms with Crippen LogP contribution in [0.1, 0.15) is 0 Å². The topological polar surface area (TPSA) is 171 Å². The normalized spacial score (nSPS) is 44.7. The van der Waals surface area contributed by atoms with Gasteiger partial charge in [-0.3, -0.25) is 0 Å². The molecule has 1 aromatic heterocycles. The van der Waals surface area contributed by atoms with Gasteiger partial charge in [-0.2, -0.15) is 0 Å². The average molecular weight is 447 g/mol. The van der Waals surface area contributed by atoms with Crippen molar-refractivity contribution >= 4 is 11.8 Å². The van der Waals surface area contributed by atoms with Gasteiger partial charge in [-0.25, -0.2) is 4.98 Å². The molecule has 0 aromatic carbocycles. The van der Waals surface area contributed by atoms with Crippen molar-refractivity contribution in [3.63, 3.8) is 0 Å². The summed E-state index contributed by atoms with van der Waals surface area (Å²) in [5, 5.41) is 61.7. The Labute approximate surface area is 176 Å². The molecule has 4 heterocycles. The highest BCUT2D eigenvalue weighted by molar-refractivity contribution is 7.99. The maximum absolute atomic E-state index is 10.5. The lowest BCUT2D eigenvalue weighted by molar-refractivity contribution is -0.341. The Hall–Kier alpha value is -0.900. The first-order valence-corrected chi connectivity index (χ1v) is 10.6. The molecule has 3 aliphatic heterocycles. The molecule has 11 atom stereocenters. The van der Waals surface area contributed by atoms with Crippen LogP contribution in [0.15, 0.2) is 29.4 Å². The summed E-state index contributed by atoms with van der Waals surface area (Å²) in [5.74, 6) is 0.111. The van der Waals surface area contributed by atoms with E-state index in [4.69, 9.17) is 18.9 Å². The molecule has 0 amide bonds. The number of rotatable bonds is 6. The van der Waals surface area contributed by atoms with E-state index in [-0.39, 0.29) is 12.4 Å².